The summed E-state index contributed by atoms with van der Waals surface area (Å²) >= 11 is 0. The van der Waals surface area contributed by atoms with E-state index in [-0.39, 0.29) is 23.3 Å². The molecule has 0 saturated heterocycles. The van der Waals surface area contributed by atoms with Crippen LogP contribution in [-0.4, -0.2) is 25.6 Å². The molecule has 5 nitrogen and oxygen atoms in total. The summed E-state index contributed by atoms with van der Waals surface area (Å²) in [5.74, 6) is -0.116. The molecule has 0 aliphatic heterocycles. The lowest BCUT2D eigenvalue weighted by atomic mass is 9.72. The number of ether oxygens (including phenoxy) is 2. The summed E-state index contributed by atoms with van der Waals surface area (Å²) in [7, 11) is 1.32. The molecular weight excluding hydrogens is 366 g/mol. The van der Waals surface area contributed by atoms with Gasteiger partial charge in [0.15, 0.2) is 6.61 Å². The fourth-order valence-corrected chi connectivity index (χ4v) is 3.62. The Morgan fingerprint density at radius 1 is 0.966 bits per heavy atom. The maximum atomic E-state index is 12.2. The van der Waals surface area contributed by atoms with Gasteiger partial charge >= 0.3 is 5.97 Å². The lowest BCUT2D eigenvalue weighted by Gasteiger charge is -2.33. The Morgan fingerprint density at radius 3 is 2.21 bits per heavy atom. The molecule has 156 valence electrons. The maximum absolute atomic E-state index is 12.2. The highest BCUT2D eigenvalue weighted by molar-refractivity contribution is 5.95. The molecule has 2 aromatic carbocycles. The van der Waals surface area contributed by atoms with Crippen molar-refractivity contribution in [3.8, 4) is 5.75 Å². The number of hydrogen-bond donors (Lipinski definition) is 1. The van der Waals surface area contributed by atoms with Crippen LogP contribution in [-0.2, 0) is 14.9 Å². The quantitative estimate of drug-likeness (QED) is 0.652. The first kappa shape index (κ1) is 22.5. The molecule has 0 aliphatic rings. The van der Waals surface area contributed by atoms with Gasteiger partial charge < -0.3 is 14.8 Å². The van der Waals surface area contributed by atoms with Crippen molar-refractivity contribution in [2.45, 2.75) is 46.5 Å². The summed E-state index contributed by atoms with van der Waals surface area (Å²) in [6, 6.07) is 14.5. The van der Waals surface area contributed by atoms with E-state index in [4.69, 9.17) is 4.74 Å². The average molecular weight is 398 g/mol. The summed E-state index contributed by atoms with van der Waals surface area (Å²) in [6.07, 6.45) is 1.06. The van der Waals surface area contributed by atoms with Crippen LogP contribution in [0, 0.1) is 5.41 Å². The zero-order valence-electron chi connectivity index (χ0n) is 18.2. The molecule has 0 spiro atoms. The van der Waals surface area contributed by atoms with Crippen molar-refractivity contribution < 1.29 is 19.1 Å². The van der Waals surface area contributed by atoms with Gasteiger partial charge in [0.1, 0.15) is 5.75 Å². The molecule has 1 N–H and O–H groups in total. The molecule has 5 heteroatoms. The third-order valence-electron chi connectivity index (χ3n) is 4.55. The van der Waals surface area contributed by atoms with E-state index < -0.39 is 5.97 Å². The van der Waals surface area contributed by atoms with Gasteiger partial charge in [0.05, 0.1) is 12.7 Å². The third-order valence-corrected chi connectivity index (χ3v) is 4.55. The molecule has 2 rings (SSSR count). The molecule has 29 heavy (non-hydrogen) atoms. The van der Waals surface area contributed by atoms with Crippen molar-refractivity contribution in [3.05, 3.63) is 59.7 Å². The van der Waals surface area contributed by atoms with E-state index in [0.717, 1.165) is 6.42 Å². The molecular formula is C24H31NO4. The fraction of sp³-hybridized carbons (Fsp3) is 0.417. The number of amides is 1. The summed E-state index contributed by atoms with van der Waals surface area (Å²) in [4.78, 5) is 23.7. The zero-order chi connectivity index (χ0) is 21.7. The summed E-state index contributed by atoms with van der Waals surface area (Å²) in [6.45, 7) is 11.1. The van der Waals surface area contributed by atoms with Crippen LogP contribution in [0.1, 0.15) is 57.0 Å². The van der Waals surface area contributed by atoms with Gasteiger partial charge in [-0.15, -0.1) is 0 Å². The normalized spacial score (nSPS) is 11.7. The van der Waals surface area contributed by atoms with Crippen molar-refractivity contribution in [1.82, 2.24) is 0 Å². The number of benzene rings is 2. The summed E-state index contributed by atoms with van der Waals surface area (Å²) in [5, 5.41) is 2.72. The highest BCUT2D eigenvalue weighted by Crippen LogP contribution is 2.36. The number of anilines is 1. The number of methoxy groups -OCH3 is 1. The van der Waals surface area contributed by atoms with Gasteiger partial charge in [-0.3, -0.25) is 4.79 Å². The van der Waals surface area contributed by atoms with Crippen molar-refractivity contribution in [1.29, 1.82) is 0 Å². The number of hydrogen-bond acceptors (Lipinski definition) is 4. The number of carbonyl (C=O) groups is 2. The Hall–Kier alpha value is -2.82. The van der Waals surface area contributed by atoms with Crippen molar-refractivity contribution in [2.24, 2.45) is 5.41 Å². The third kappa shape index (κ3) is 6.93. The van der Waals surface area contributed by atoms with Gasteiger partial charge in [0, 0.05) is 5.69 Å². The zero-order valence-corrected chi connectivity index (χ0v) is 18.2. The van der Waals surface area contributed by atoms with Gasteiger partial charge in [-0.1, -0.05) is 52.8 Å². The van der Waals surface area contributed by atoms with Crippen molar-refractivity contribution >= 4 is 17.6 Å². The van der Waals surface area contributed by atoms with Gasteiger partial charge in [-0.25, -0.2) is 4.79 Å². The van der Waals surface area contributed by atoms with Crippen LogP contribution >= 0.6 is 0 Å². The van der Waals surface area contributed by atoms with E-state index in [1.807, 2.05) is 12.1 Å². The highest BCUT2D eigenvalue weighted by atomic mass is 16.5. The first-order valence-corrected chi connectivity index (χ1v) is 9.72. The van der Waals surface area contributed by atoms with E-state index in [2.05, 4.69) is 56.8 Å². The van der Waals surface area contributed by atoms with Crippen LogP contribution in [0.2, 0.25) is 0 Å². The standard InChI is InChI=1S/C24H31NO4/c1-23(2,3)16-24(4,5)18-10-12-20(13-11-18)29-15-21(26)25-19-9-7-8-17(14-19)22(27)28-6/h7-14H,15-16H2,1-6H3,(H,25,26). The Labute approximate surface area is 173 Å². The Bertz CT molecular complexity index is 848. The van der Waals surface area contributed by atoms with Crippen molar-refractivity contribution in [3.63, 3.8) is 0 Å². The monoisotopic (exact) mass is 397 g/mol. The second-order valence-electron chi connectivity index (χ2n) is 9.05. The Balaban J connectivity index is 1.93. The summed E-state index contributed by atoms with van der Waals surface area (Å²) < 4.78 is 10.3. The number of esters is 1. The number of rotatable bonds is 7. The minimum atomic E-state index is -0.452. The second kappa shape index (κ2) is 9.12. The second-order valence-corrected chi connectivity index (χ2v) is 9.05. The lowest BCUT2D eigenvalue weighted by molar-refractivity contribution is -0.118. The number of carbonyl (C=O) groups excluding carboxylic acids is 2. The summed E-state index contributed by atoms with van der Waals surface area (Å²) in [5.41, 5.74) is 2.42. The molecule has 0 bridgehead atoms. The molecule has 0 atom stereocenters. The predicted octanol–water partition coefficient (Wildman–Crippen LogP) is 5.20. The van der Waals surface area contributed by atoms with Gasteiger partial charge in [-0.05, 0) is 53.1 Å². The van der Waals surface area contributed by atoms with Crippen LogP contribution in [0.4, 0.5) is 5.69 Å². The first-order chi connectivity index (χ1) is 13.5. The van der Waals surface area contributed by atoms with E-state index >= 15 is 0 Å². The molecule has 0 fully saturated rings. The number of nitrogens with one attached hydrogen (secondary N) is 1. The topological polar surface area (TPSA) is 64.6 Å². The van der Waals surface area contributed by atoms with E-state index in [9.17, 15) is 9.59 Å². The minimum absolute atomic E-state index is 0.0544. The predicted molar refractivity (Wildman–Crippen MR) is 115 cm³/mol. The lowest BCUT2D eigenvalue weighted by Crippen LogP contribution is -2.24. The van der Waals surface area contributed by atoms with E-state index in [1.165, 1.54) is 12.7 Å². The van der Waals surface area contributed by atoms with Gasteiger partial charge in [-0.2, -0.15) is 0 Å². The molecule has 0 unspecified atom stereocenters. The van der Waals surface area contributed by atoms with E-state index in [1.54, 1.807) is 24.3 Å². The fourth-order valence-electron chi connectivity index (χ4n) is 3.62. The Kier molecular flexibility index (Phi) is 7.07. The van der Waals surface area contributed by atoms with Crippen LogP contribution in [0.15, 0.2) is 48.5 Å². The van der Waals surface area contributed by atoms with E-state index in [0.29, 0.717) is 17.0 Å². The molecule has 0 heterocycles. The SMILES string of the molecule is COC(=O)c1cccc(NC(=O)COc2ccc(C(C)(C)CC(C)(C)C)cc2)c1. The molecule has 0 saturated carbocycles. The molecule has 0 radical (unpaired) electrons. The molecule has 1 amide bonds. The van der Waals surface area contributed by atoms with Crippen LogP contribution in [0.5, 0.6) is 5.75 Å². The molecule has 0 aliphatic carbocycles. The van der Waals surface area contributed by atoms with Crippen LogP contribution in [0.3, 0.4) is 0 Å². The smallest absolute Gasteiger partial charge is 0.337 e. The first-order valence-electron chi connectivity index (χ1n) is 9.72. The van der Waals surface area contributed by atoms with Gasteiger partial charge in [0.2, 0.25) is 0 Å². The Morgan fingerprint density at radius 2 is 1.62 bits per heavy atom. The molecule has 2 aromatic rings. The van der Waals surface area contributed by atoms with Crippen molar-refractivity contribution in [2.75, 3.05) is 19.0 Å². The molecule has 0 aromatic heterocycles. The average Bonchev–Trinajstić information content (AvgIpc) is 2.64. The van der Waals surface area contributed by atoms with Gasteiger partial charge in [0.25, 0.3) is 5.91 Å². The van der Waals surface area contributed by atoms with Crippen LogP contribution < -0.4 is 10.1 Å². The maximum Gasteiger partial charge on any atom is 0.337 e. The van der Waals surface area contributed by atoms with Crippen LogP contribution in [0.25, 0.3) is 0 Å². The highest BCUT2D eigenvalue weighted by Gasteiger charge is 2.27. The largest absolute Gasteiger partial charge is 0.484 e. The minimum Gasteiger partial charge on any atom is -0.484 e.